The van der Waals surface area contributed by atoms with Crippen molar-refractivity contribution in [2.45, 2.75) is 31.8 Å². The SMILES string of the molecule is CC(c1ccc(O)cc1O)N1CCC(N)CC1. The Morgan fingerprint density at radius 2 is 1.94 bits per heavy atom. The molecule has 0 saturated carbocycles. The number of piperidine rings is 1. The first-order chi connectivity index (χ1) is 8.08. The molecular formula is C13H20N2O2. The minimum absolute atomic E-state index is 0.0964. The topological polar surface area (TPSA) is 69.7 Å². The van der Waals surface area contributed by atoms with Crippen LogP contribution in [0.25, 0.3) is 0 Å². The molecule has 1 aromatic rings. The van der Waals surface area contributed by atoms with Crippen LogP contribution in [0.1, 0.15) is 31.4 Å². The summed E-state index contributed by atoms with van der Waals surface area (Å²) < 4.78 is 0. The van der Waals surface area contributed by atoms with E-state index in [0.29, 0.717) is 6.04 Å². The molecule has 1 fully saturated rings. The van der Waals surface area contributed by atoms with Crippen molar-refractivity contribution in [3.05, 3.63) is 23.8 Å². The number of hydrogen-bond acceptors (Lipinski definition) is 4. The average molecular weight is 236 g/mol. The van der Waals surface area contributed by atoms with Gasteiger partial charge < -0.3 is 15.9 Å². The lowest BCUT2D eigenvalue weighted by atomic mass is 10.00. The zero-order valence-electron chi connectivity index (χ0n) is 10.1. The summed E-state index contributed by atoms with van der Waals surface area (Å²) in [4.78, 5) is 2.31. The van der Waals surface area contributed by atoms with E-state index >= 15 is 0 Å². The summed E-state index contributed by atoms with van der Waals surface area (Å²) in [7, 11) is 0. The van der Waals surface area contributed by atoms with Crippen molar-refractivity contribution in [3.63, 3.8) is 0 Å². The fraction of sp³-hybridized carbons (Fsp3) is 0.538. The van der Waals surface area contributed by atoms with E-state index < -0.39 is 0 Å². The predicted octanol–water partition coefficient (Wildman–Crippen LogP) is 1.58. The molecule has 4 heteroatoms. The van der Waals surface area contributed by atoms with Gasteiger partial charge in [-0.05, 0) is 25.8 Å². The van der Waals surface area contributed by atoms with E-state index in [1.165, 1.54) is 6.07 Å². The summed E-state index contributed by atoms with van der Waals surface area (Å²) in [5.41, 5.74) is 6.74. The zero-order valence-corrected chi connectivity index (χ0v) is 10.1. The second kappa shape index (κ2) is 4.94. The van der Waals surface area contributed by atoms with E-state index in [1.807, 2.05) is 0 Å². The smallest absolute Gasteiger partial charge is 0.124 e. The Morgan fingerprint density at radius 1 is 1.29 bits per heavy atom. The summed E-state index contributed by atoms with van der Waals surface area (Å²) >= 11 is 0. The Balaban J connectivity index is 2.11. The molecule has 1 atom stereocenters. The predicted molar refractivity (Wildman–Crippen MR) is 67.0 cm³/mol. The van der Waals surface area contributed by atoms with Crippen LogP contribution in [0.15, 0.2) is 18.2 Å². The molecule has 0 radical (unpaired) electrons. The van der Waals surface area contributed by atoms with Gasteiger partial charge >= 0.3 is 0 Å². The molecule has 1 aliphatic rings. The van der Waals surface area contributed by atoms with Crippen molar-refractivity contribution in [2.24, 2.45) is 5.73 Å². The average Bonchev–Trinajstić information content (AvgIpc) is 2.29. The number of benzene rings is 1. The number of likely N-dealkylation sites (tertiary alicyclic amines) is 1. The van der Waals surface area contributed by atoms with Crippen LogP contribution in [-0.4, -0.2) is 34.2 Å². The molecule has 0 aliphatic carbocycles. The van der Waals surface area contributed by atoms with Gasteiger partial charge in [0.15, 0.2) is 0 Å². The Bertz CT molecular complexity index is 387. The molecule has 0 spiro atoms. The van der Waals surface area contributed by atoms with Crippen LogP contribution in [0.5, 0.6) is 11.5 Å². The van der Waals surface area contributed by atoms with Gasteiger partial charge in [-0.25, -0.2) is 0 Å². The Kier molecular flexibility index (Phi) is 3.54. The minimum atomic E-state index is 0.0964. The van der Waals surface area contributed by atoms with Crippen molar-refractivity contribution in [3.8, 4) is 11.5 Å². The number of phenols is 2. The lowest BCUT2D eigenvalue weighted by Gasteiger charge is -2.35. The maximum absolute atomic E-state index is 9.83. The van der Waals surface area contributed by atoms with Crippen LogP contribution >= 0.6 is 0 Å². The molecule has 0 amide bonds. The van der Waals surface area contributed by atoms with Crippen LogP contribution in [-0.2, 0) is 0 Å². The van der Waals surface area contributed by atoms with Crippen LogP contribution in [0.4, 0.5) is 0 Å². The van der Waals surface area contributed by atoms with Gasteiger partial charge in [-0.15, -0.1) is 0 Å². The zero-order chi connectivity index (χ0) is 12.4. The summed E-state index contributed by atoms with van der Waals surface area (Å²) in [5, 5.41) is 19.1. The molecular weight excluding hydrogens is 216 g/mol. The number of phenolic OH excluding ortho intramolecular Hbond substituents is 2. The van der Waals surface area contributed by atoms with Crippen molar-refractivity contribution >= 4 is 0 Å². The molecule has 0 bridgehead atoms. The highest BCUT2D eigenvalue weighted by atomic mass is 16.3. The van der Waals surface area contributed by atoms with Gasteiger partial charge in [-0.3, -0.25) is 4.90 Å². The standard InChI is InChI=1S/C13H20N2O2/c1-9(15-6-4-10(14)5-7-15)12-3-2-11(16)8-13(12)17/h2-3,8-10,16-17H,4-7,14H2,1H3. The summed E-state index contributed by atoms with van der Waals surface area (Å²) in [6.07, 6.45) is 2.01. The summed E-state index contributed by atoms with van der Waals surface area (Å²) in [6, 6.07) is 5.25. The van der Waals surface area contributed by atoms with Gasteiger partial charge in [0.1, 0.15) is 11.5 Å². The number of rotatable bonds is 2. The first-order valence-electron chi connectivity index (χ1n) is 6.09. The summed E-state index contributed by atoms with van der Waals surface area (Å²) in [6.45, 7) is 3.99. The van der Waals surface area contributed by atoms with Gasteiger partial charge in [-0.1, -0.05) is 6.07 Å². The molecule has 94 valence electrons. The molecule has 4 N–H and O–H groups in total. The molecule has 1 unspecified atom stereocenters. The molecule has 1 heterocycles. The van der Waals surface area contributed by atoms with Crippen molar-refractivity contribution in [1.29, 1.82) is 0 Å². The van der Waals surface area contributed by atoms with Crippen LogP contribution in [0.3, 0.4) is 0 Å². The van der Waals surface area contributed by atoms with E-state index in [4.69, 9.17) is 5.73 Å². The van der Waals surface area contributed by atoms with Crippen LogP contribution in [0.2, 0.25) is 0 Å². The largest absolute Gasteiger partial charge is 0.508 e. The molecule has 0 aromatic heterocycles. The first kappa shape index (κ1) is 12.2. The number of nitrogens with zero attached hydrogens (tertiary/aromatic N) is 1. The summed E-state index contributed by atoms with van der Waals surface area (Å²) in [5.74, 6) is 0.256. The van der Waals surface area contributed by atoms with Crippen molar-refractivity contribution in [1.82, 2.24) is 4.90 Å². The monoisotopic (exact) mass is 236 g/mol. The van der Waals surface area contributed by atoms with Gasteiger partial charge in [0.2, 0.25) is 0 Å². The highest BCUT2D eigenvalue weighted by molar-refractivity contribution is 5.40. The third-order valence-corrected chi connectivity index (χ3v) is 3.59. The maximum atomic E-state index is 9.83. The number of aromatic hydroxyl groups is 2. The second-order valence-electron chi connectivity index (χ2n) is 4.79. The Morgan fingerprint density at radius 3 is 2.53 bits per heavy atom. The highest BCUT2D eigenvalue weighted by Gasteiger charge is 2.23. The molecule has 17 heavy (non-hydrogen) atoms. The van der Waals surface area contributed by atoms with Crippen molar-refractivity contribution < 1.29 is 10.2 Å². The second-order valence-corrected chi connectivity index (χ2v) is 4.79. The minimum Gasteiger partial charge on any atom is -0.508 e. The molecule has 1 aliphatic heterocycles. The Labute approximate surface area is 102 Å². The normalized spacial score (nSPS) is 20.4. The Hall–Kier alpha value is -1.26. The van der Waals surface area contributed by atoms with E-state index in [0.717, 1.165) is 31.5 Å². The lowest BCUT2D eigenvalue weighted by Crippen LogP contribution is -2.40. The number of hydrogen-bond donors (Lipinski definition) is 3. The van der Waals surface area contributed by atoms with Crippen LogP contribution in [0, 0.1) is 0 Å². The lowest BCUT2D eigenvalue weighted by molar-refractivity contribution is 0.161. The van der Waals surface area contributed by atoms with E-state index in [9.17, 15) is 10.2 Å². The van der Waals surface area contributed by atoms with E-state index in [-0.39, 0.29) is 17.5 Å². The van der Waals surface area contributed by atoms with Gasteiger partial charge in [0, 0.05) is 36.8 Å². The third-order valence-electron chi connectivity index (χ3n) is 3.59. The van der Waals surface area contributed by atoms with E-state index in [1.54, 1.807) is 12.1 Å². The molecule has 1 saturated heterocycles. The number of nitrogens with two attached hydrogens (primary N) is 1. The van der Waals surface area contributed by atoms with Crippen molar-refractivity contribution in [2.75, 3.05) is 13.1 Å². The fourth-order valence-corrected chi connectivity index (χ4v) is 2.39. The fourth-order valence-electron chi connectivity index (χ4n) is 2.39. The quantitative estimate of drug-likeness (QED) is 0.729. The molecule has 4 nitrogen and oxygen atoms in total. The van der Waals surface area contributed by atoms with Gasteiger partial charge in [0.25, 0.3) is 0 Å². The third kappa shape index (κ3) is 2.70. The maximum Gasteiger partial charge on any atom is 0.124 e. The first-order valence-corrected chi connectivity index (χ1v) is 6.09. The van der Waals surface area contributed by atoms with E-state index in [2.05, 4.69) is 11.8 Å². The van der Waals surface area contributed by atoms with Gasteiger partial charge in [-0.2, -0.15) is 0 Å². The highest BCUT2D eigenvalue weighted by Crippen LogP contribution is 2.32. The molecule has 1 aromatic carbocycles. The molecule has 2 rings (SSSR count). The van der Waals surface area contributed by atoms with Gasteiger partial charge in [0.05, 0.1) is 0 Å². The van der Waals surface area contributed by atoms with Crippen LogP contribution < -0.4 is 5.73 Å².